The third kappa shape index (κ3) is 5.71. The molecule has 9 nitrogen and oxygen atoms in total. The van der Waals surface area contributed by atoms with Crippen LogP contribution in [0, 0.1) is 13.8 Å². The van der Waals surface area contributed by atoms with E-state index < -0.39 is 6.10 Å². The van der Waals surface area contributed by atoms with E-state index in [2.05, 4.69) is 15.1 Å². The minimum Gasteiger partial charge on any atom is -0.493 e. The summed E-state index contributed by atoms with van der Waals surface area (Å²) in [5.41, 5.74) is 3.62. The Kier molecular flexibility index (Phi) is 8.01. The Morgan fingerprint density at radius 3 is 2.08 bits per heavy atom. The summed E-state index contributed by atoms with van der Waals surface area (Å²) >= 11 is 0. The lowest BCUT2D eigenvalue weighted by molar-refractivity contribution is -0.138. The average molecular weight is 507 g/mol. The molecule has 0 spiro atoms. The van der Waals surface area contributed by atoms with Crippen molar-refractivity contribution in [2.75, 3.05) is 52.4 Å². The zero-order valence-corrected chi connectivity index (χ0v) is 22.3. The van der Waals surface area contributed by atoms with Gasteiger partial charge in [-0.25, -0.2) is 0 Å². The summed E-state index contributed by atoms with van der Waals surface area (Å²) in [6, 6.07) is 13.6. The SMILES string of the molecule is COc1cc(-c2ccc(N3CCN(C(=O)C(C)Oc4cc(C)ccc4C)CC3)nn2)cc(OC)c1OC. The molecule has 1 aromatic heterocycles. The van der Waals surface area contributed by atoms with Crippen LogP contribution in [0.2, 0.25) is 0 Å². The first-order valence-electron chi connectivity index (χ1n) is 12.3. The molecular weight excluding hydrogens is 472 g/mol. The molecule has 0 radical (unpaired) electrons. The van der Waals surface area contributed by atoms with Gasteiger partial charge >= 0.3 is 0 Å². The van der Waals surface area contributed by atoms with E-state index in [0.29, 0.717) is 49.1 Å². The summed E-state index contributed by atoms with van der Waals surface area (Å²) in [6.07, 6.45) is -0.551. The number of rotatable bonds is 8. The van der Waals surface area contributed by atoms with Crippen molar-refractivity contribution in [3.63, 3.8) is 0 Å². The van der Waals surface area contributed by atoms with Crippen molar-refractivity contribution >= 4 is 11.7 Å². The standard InChI is InChI=1S/C28H34N4O5/c1-18-7-8-19(2)23(15-18)37-20(3)28(33)32-13-11-31(12-14-32)26-10-9-22(29-30-26)21-16-24(34-4)27(36-6)25(17-21)35-5/h7-10,15-17,20H,11-14H2,1-6H3. The van der Waals surface area contributed by atoms with Crippen molar-refractivity contribution in [3.8, 4) is 34.3 Å². The first-order valence-corrected chi connectivity index (χ1v) is 12.3. The Bertz CT molecular complexity index is 1210. The van der Waals surface area contributed by atoms with Gasteiger partial charge in [0.1, 0.15) is 5.75 Å². The van der Waals surface area contributed by atoms with Crippen molar-refractivity contribution in [2.24, 2.45) is 0 Å². The van der Waals surface area contributed by atoms with Crippen LogP contribution in [-0.4, -0.2) is 74.6 Å². The highest BCUT2D eigenvalue weighted by Gasteiger charge is 2.27. The zero-order valence-electron chi connectivity index (χ0n) is 22.3. The molecule has 2 heterocycles. The fourth-order valence-electron chi connectivity index (χ4n) is 4.36. The number of hydrogen-bond acceptors (Lipinski definition) is 8. The van der Waals surface area contributed by atoms with E-state index in [0.717, 1.165) is 28.3 Å². The van der Waals surface area contributed by atoms with Crippen molar-refractivity contribution in [1.82, 2.24) is 15.1 Å². The van der Waals surface area contributed by atoms with Crippen LogP contribution in [-0.2, 0) is 4.79 Å². The maximum Gasteiger partial charge on any atom is 0.263 e. The summed E-state index contributed by atoms with van der Waals surface area (Å²) in [4.78, 5) is 17.0. The van der Waals surface area contributed by atoms with Crippen LogP contribution < -0.4 is 23.8 Å². The summed E-state index contributed by atoms with van der Waals surface area (Å²) in [6.45, 7) is 8.33. The third-order valence-corrected chi connectivity index (χ3v) is 6.52. The minimum atomic E-state index is -0.551. The van der Waals surface area contributed by atoms with Crippen molar-refractivity contribution in [3.05, 3.63) is 53.6 Å². The van der Waals surface area contributed by atoms with E-state index in [1.165, 1.54) is 0 Å². The predicted molar refractivity (Wildman–Crippen MR) is 142 cm³/mol. The maximum atomic E-state index is 13.0. The van der Waals surface area contributed by atoms with E-state index >= 15 is 0 Å². The number of aromatic nitrogens is 2. The molecule has 0 N–H and O–H groups in total. The Balaban J connectivity index is 1.38. The third-order valence-electron chi connectivity index (χ3n) is 6.52. The van der Waals surface area contributed by atoms with Gasteiger partial charge in [-0.15, -0.1) is 10.2 Å². The largest absolute Gasteiger partial charge is 0.493 e. The van der Waals surface area contributed by atoms with Gasteiger partial charge in [-0.1, -0.05) is 12.1 Å². The molecule has 1 atom stereocenters. The topological polar surface area (TPSA) is 86.3 Å². The molecule has 1 aliphatic heterocycles. The number of aryl methyl sites for hydroxylation is 2. The first-order chi connectivity index (χ1) is 17.8. The highest BCUT2D eigenvalue weighted by Crippen LogP contribution is 2.40. The average Bonchev–Trinajstić information content (AvgIpc) is 2.93. The number of carbonyl (C=O) groups excluding carboxylic acids is 1. The molecular formula is C28H34N4O5. The molecule has 0 bridgehead atoms. The van der Waals surface area contributed by atoms with Crippen molar-refractivity contribution in [1.29, 1.82) is 0 Å². The lowest BCUT2D eigenvalue weighted by Gasteiger charge is -2.36. The van der Waals surface area contributed by atoms with Gasteiger partial charge in [0.25, 0.3) is 5.91 Å². The Labute approximate surface area is 217 Å². The van der Waals surface area contributed by atoms with Gasteiger partial charge < -0.3 is 28.7 Å². The first kappa shape index (κ1) is 26.1. The molecule has 1 fully saturated rings. The van der Waals surface area contributed by atoms with E-state index in [9.17, 15) is 4.79 Å². The minimum absolute atomic E-state index is 0.00983. The van der Waals surface area contributed by atoms with E-state index in [1.807, 2.05) is 68.1 Å². The summed E-state index contributed by atoms with van der Waals surface area (Å²) < 4.78 is 22.3. The monoisotopic (exact) mass is 506 g/mol. The molecule has 1 unspecified atom stereocenters. The molecule has 2 aromatic carbocycles. The lowest BCUT2D eigenvalue weighted by atomic mass is 10.1. The molecule has 3 aromatic rings. The second kappa shape index (κ2) is 11.4. The molecule has 37 heavy (non-hydrogen) atoms. The number of benzene rings is 2. The van der Waals surface area contributed by atoms with Crippen LogP contribution in [0.5, 0.6) is 23.0 Å². The van der Waals surface area contributed by atoms with Crippen molar-refractivity contribution in [2.45, 2.75) is 26.9 Å². The van der Waals surface area contributed by atoms with Crippen LogP contribution in [0.1, 0.15) is 18.1 Å². The second-order valence-corrected chi connectivity index (χ2v) is 9.03. The second-order valence-electron chi connectivity index (χ2n) is 9.03. The molecule has 0 aliphatic carbocycles. The van der Waals surface area contributed by atoms with Gasteiger partial charge in [-0.3, -0.25) is 4.79 Å². The molecule has 196 valence electrons. The molecule has 4 rings (SSSR count). The van der Waals surface area contributed by atoms with Crippen LogP contribution >= 0.6 is 0 Å². The van der Waals surface area contributed by atoms with Gasteiger partial charge in [-0.2, -0.15) is 0 Å². The molecule has 0 saturated carbocycles. The number of piperazine rings is 1. The summed E-state index contributed by atoms with van der Waals surface area (Å²) in [7, 11) is 4.73. The molecule has 1 amide bonds. The fourth-order valence-corrected chi connectivity index (χ4v) is 4.36. The van der Waals surface area contributed by atoms with Gasteiger partial charge in [0, 0.05) is 31.7 Å². The van der Waals surface area contributed by atoms with Crippen LogP contribution in [0.3, 0.4) is 0 Å². The van der Waals surface area contributed by atoms with Gasteiger partial charge in [0.2, 0.25) is 5.75 Å². The number of carbonyl (C=O) groups is 1. The van der Waals surface area contributed by atoms with Crippen LogP contribution in [0.15, 0.2) is 42.5 Å². The zero-order chi connectivity index (χ0) is 26.5. The molecule has 9 heteroatoms. The molecule has 1 saturated heterocycles. The highest BCUT2D eigenvalue weighted by molar-refractivity contribution is 5.81. The quantitative estimate of drug-likeness (QED) is 0.455. The number of ether oxygens (including phenoxy) is 4. The number of amides is 1. The smallest absolute Gasteiger partial charge is 0.263 e. The normalized spacial score (nSPS) is 14.2. The fraction of sp³-hybridized carbons (Fsp3) is 0.393. The van der Waals surface area contributed by atoms with E-state index in [1.54, 1.807) is 21.3 Å². The van der Waals surface area contributed by atoms with Gasteiger partial charge in [-0.05, 0) is 62.2 Å². The number of methoxy groups -OCH3 is 3. The Morgan fingerprint density at radius 1 is 0.838 bits per heavy atom. The number of anilines is 1. The van der Waals surface area contributed by atoms with Crippen LogP contribution in [0.25, 0.3) is 11.3 Å². The lowest BCUT2D eigenvalue weighted by Crippen LogP contribution is -2.52. The van der Waals surface area contributed by atoms with Gasteiger partial charge in [0.05, 0.1) is 27.0 Å². The van der Waals surface area contributed by atoms with Crippen LogP contribution in [0.4, 0.5) is 5.82 Å². The van der Waals surface area contributed by atoms with Gasteiger partial charge in [0.15, 0.2) is 23.4 Å². The Hall–Kier alpha value is -4.01. The number of nitrogens with zero attached hydrogens (tertiary/aromatic N) is 4. The predicted octanol–water partition coefficient (Wildman–Crippen LogP) is 3.90. The summed E-state index contributed by atoms with van der Waals surface area (Å²) in [5, 5.41) is 8.88. The van der Waals surface area contributed by atoms with E-state index in [4.69, 9.17) is 18.9 Å². The Morgan fingerprint density at radius 2 is 1.51 bits per heavy atom. The molecule has 1 aliphatic rings. The number of hydrogen-bond donors (Lipinski definition) is 0. The summed E-state index contributed by atoms with van der Waals surface area (Å²) in [5.74, 6) is 3.15. The van der Waals surface area contributed by atoms with E-state index in [-0.39, 0.29) is 5.91 Å². The highest BCUT2D eigenvalue weighted by atomic mass is 16.5. The maximum absolute atomic E-state index is 13.0. The van der Waals surface area contributed by atoms with Crippen molar-refractivity contribution < 1.29 is 23.7 Å².